The maximum absolute atomic E-state index is 11.5. The van der Waals surface area contributed by atoms with E-state index < -0.39 is 0 Å². The van der Waals surface area contributed by atoms with Gasteiger partial charge in [-0.25, -0.2) is 0 Å². The van der Waals surface area contributed by atoms with Gasteiger partial charge in [-0.2, -0.15) is 0 Å². The second kappa shape index (κ2) is 3.89. The maximum Gasteiger partial charge on any atom is 0.309 e. The number of allylic oxidation sites excluding steroid dienone is 1. The highest BCUT2D eigenvalue weighted by atomic mass is 16.5. The average Bonchev–Trinajstić information content (AvgIpc) is 3.03. The molecule has 0 bridgehead atoms. The SMILES string of the molecule is C=C[C@@H]1[C@H](C(=O)OC)[C@H]1c1ccccc1. The Hall–Kier alpha value is -1.57. The number of hydrogen-bond donors (Lipinski definition) is 0. The average molecular weight is 202 g/mol. The molecule has 1 fully saturated rings. The number of ether oxygens (including phenoxy) is 1. The molecule has 0 N–H and O–H groups in total. The molecule has 0 unspecified atom stereocenters. The van der Waals surface area contributed by atoms with Gasteiger partial charge >= 0.3 is 5.97 Å². The largest absolute Gasteiger partial charge is 0.469 e. The molecular formula is C13H14O2. The minimum Gasteiger partial charge on any atom is -0.469 e. The minimum atomic E-state index is -0.131. The first kappa shape index (κ1) is 9.97. The molecule has 15 heavy (non-hydrogen) atoms. The van der Waals surface area contributed by atoms with Crippen LogP contribution in [0.4, 0.5) is 0 Å². The van der Waals surface area contributed by atoms with E-state index in [-0.39, 0.29) is 23.7 Å². The van der Waals surface area contributed by atoms with Crippen molar-refractivity contribution in [2.45, 2.75) is 5.92 Å². The topological polar surface area (TPSA) is 26.3 Å². The van der Waals surface area contributed by atoms with Gasteiger partial charge in [0.15, 0.2) is 0 Å². The molecule has 1 aromatic carbocycles. The molecule has 0 heterocycles. The quantitative estimate of drug-likeness (QED) is 0.555. The Kier molecular flexibility index (Phi) is 2.58. The Bertz CT molecular complexity index is 369. The number of methoxy groups -OCH3 is 1. The van der Waals surface area contributed by atoms with Crippen molar-refractivity contribution in [3.63, 3.8) is 0 Å². The van der Waals surface area contributed by atoms with Gasteiger partial charge in [0, 0.05) is 5.92 Å². The molecule has 1 saturated carbocycles. The first-order valence-corrected chi connectivity index (χ1v) is 5.05. The smallest absolute Gasteiger partial charge is 0.309 e. The Labute approximate surface area is 89.6 Å². The number of carbonyl (C=O) groups excluding carboxylic acids is 1. The lowest BCUT2D eigenvalue weighted by atomic mass is 10.1. The van der Waals surface area contributed by atoms with E-state index in [4.69, 9.17) is 4.74 Å². The number of rotatable bonds is 3. The molecule has 2 rings (SSSR count). The van der Waals surface area contributed by atoms with Crippen LogP contribution >= 0.6 is 0 Å². The van der Waals surface area contributed by atoms with E-state index in [1.807, 2.05) is 36.4 Å². The van der Waals surface area contributed by atoms with Crippen molar-refractivity contribution in [3.05, 3.63) is 48.6 Å². The van der Waals surface area contributed by atoms with Crippen molar-refractivity contribution in [2.75, 3.05) is 7.11 Å². The third kappa shape index (κ3) is 1.67. The van der Waals surface area contributed by atoms with Crippen LogP contribution in [-0.4, -0.2) is 13.1 Å². The van der Waals surface area contributed by atoms with Crippen molar-refractivity contribution in [1.29, 1.82) is 0 Å². The standard InChI is InChI=1S/C13H14O2/c1-3-10-11(12(10)13(14)15-2)9-7-5-4-6-8-9/h3-8,10-12H,1H2,2H3/t10-,11-,12-/m0/s1. The summed E-state index contributed by atoms with van der Waals surface area (Å²) in [5, 5.41) is 0. The molecular weight excluding hydrogens is 188 g/mol. The summed E-state index contributed by atoms with van der Waals surface area (Å²) in [6.07, 6.45) is 1.85. The van der Waals surface area contributed by atoms with Gasteiger partial charge in [0.2, 0.25) is 0 Å². The van der Waals surface area contributed by atoms with Gasteiger partial charge in [-0.05, 0) is 11.5 Å². The molecule has 2 heteroatoms. The number of benzene rings is 1. The van der Waals surface area contributed by atoms with E-state index in [9.17, 15) is 4.79 Å². The fraction of sp³-hybridized carbons (Fsp3) is 0.308. The maximum atomic E-state index is 11.5. The van der Waals surface area contributed by atoms with Gasteiger partial charge in [0.25, 0.3) is 0 Å². The van der Waals surface area contributed by atoms with Gasteiger partial charge in [0.1, 0.15) is 0 Å². The molecule has 2 nitrogen and oxygen atoms in total. The summed E-state index contributed by atoms with van der Waals surface area (Å²) in [5.74, 6) is 0.333. The van der Waals surface area contributed by atoms with Crippen LogP contribution < -0.4 is 0 Å². The third-order valence-corrected chi connectivity index (χ3v) is 3.01. The van der Waals surface area contributed by atoms with Crippen molar-refractivity contribution in [2.24, 2.45) is 11.8 Å². The van der Waals surface area contributed by atoms with E-state index in [0.717, 1.165) is 0 Å². The molecule has 1 aromatic rings. The van der Waals surface area contributed by atoms with E-state index in [1.165, 1.54) is 12.7 Å². The third-order valence-electron chi connectivity index (χ3n) is 3.01. The Morgan fingerprint density at radius 1 is 1.40 bits per heavy atom. The second-order valence-corrected chi connectivity index (χ2v) is 3.80. The van der Waals surface area contributed by atoms with Gasteiger partial charge in [-0.3, -0.25) is 4.79 Å². The summed E-state index contributed by atoms with van der Waals surface area (Å²) in [6.45, 7) is 3.76. The molecule has 0 spiro atoms. The van der Waals surface area contributed by atoms with Crippen LogP contribution in [0, 0.1) is 11.8 Å². The van der Waals surface area contributed by atoms with Crippen LogP contribution in [-0.2, 0) is 9.53 Å². The molecule has 1 aliphatic carbocycles. The number of hydrogen-bond acceptors (Lipinski definition) is 2. The van der Waals surface area contributed by atoms with Crippen molar-refractivity contribution in [3.8, 4) is 0 Å². The summed E-state index contributed by atoms with van der Waals surface area (Å²) in [4.78, 5) is 11.5. The second-order valence-electron chi connectivity index (χ2n) is 3.80. The lowest BCUT2D eigenvalue weighted by Crippen LogP contribution is -2.04. The van der Waals surface area contributed by atoms with Gasteiger partial charge in [0.05, 0.1) is 13.0 Å². The zero-order valence-electron chi connectivity index (χ0n) is 8.72. The normalized spacial score (nSPS) is 28.2. The fourth-order valence-corrected chi connectivity index (χ4v) is 2.17. The number of esters is 1. The first-order chi connectivity index (χ1) is 7.29. The predicted molar refractivity (Wildman–Crippen MR) is 58.4 cm³/mol. The molecule has 3 atom stereocenters. The van der Waals surface area contributed by atoms with Gasteiger partial charge < -0.3 is 4.74 Å². The summed E-state index contributed by atoms with van der Waals surface area (Å²) in [5.41, 5.74) is 1.19. The highest BCUT2D eigenvalue weighted by Crippen LogP contribution is 2.55. The first-order valence-electron chi connectivity index (χ1n) is 5.05. The molecule has 0 saturated heterocycles. The van der Waals surface area contributed by atoms with Crippen molar-refractivity contribution < 1.29 is 9.53 Å². The molecule has 0 aliphatic heterocycles. The summed E-state index contributed by atoms with van der Waals surface area (Å²) >= 11 is 0. The molecule has 1 aliphatic rings. The van der Waals surface area contributed by atoms with Crippen molar-refractivity contribution >= 4 is 5.97 Å². The zero-order valence-corrected chi connectivity index (χ0v) is 8.72. The monoisotopic (exact) mass is 202 g/mol. The lowest BCUT2D eigenvalue weighted by molar-refractivity contribution is -0.142. The van der Waals surface area contributed by atoms with Gasteiger partial charge in [-0.15, -0.1) is 6.58 Å². The molecule has 0 aromatic heterocycles. The fourth-order valence-electron chi connectivity index (χ4n) is 2.17. The van der Waals surface area contributed by atoms with E-state index in [2.05, 4.69) is 6.58 Å². The van der Waals surface area contributed by atoms with E-state index in [0.29, 0.717) is 0 Å². The Morgan fingerprint density at radius 2 is 2.07 bits per heavy atom. The highest BCUT2D eigenvalue weighted by Gasteiger charge is 2.54. The highest BCUT2D eigenvalue weighted by molar-refractivity contribution is 5.78. The van der Waals surface area contributed by atoms with E-state index in [1.54, 1.807) is 0 Å². The number of carbonyl (C=O) groups is 1. The van der Waals surface area contributed by atoms with Crippen LogP contribution in [0.5, 0.6) is 0 Å². The Balaban J connectivity index is 2.19. The lowest BCUT2D eigenvalue weighted by Gasteiger charge is -1.98. The van der Waals surface area contributed by atoms with E-state index >= 15 is 0 Å². The Morgan fingerprint density at radius 3 is 2.60 bits per heavy atom. The zero-order chi connectivity index (χ0) is 10.8. The summed E-state index contributed by atoms with van der Waals surface area (Å²) < 4.78 is 4.77. The van der Waals surface area contributed by atoms with Crippen LogP contribution in [0.2, 0.25) is 0 Å². The molecule has 78 valence electrons. The molecule has 0 amide bonds. The molecule has 0 radical (unpaired) electrons. The van der Waals surface area contributed by atoms with Crippen LogP contribution in [0.3, 0.4) is 0 Å². The summed E-state index contributed by atoms with van der Waals surface area (Å²) in [7, 11) is 1.43. The predicted octanol–water partition coefficient (Wildman–Crippen LogP) is 2.38. The van der Waals surface area contributed by atoms with Crippen LogP contribution in [0.15, 0.2) is 43.0 Å². The van der Waals surface area contributed by atoms with Crippen LogP contribution in [0.1, 0.15) is 11.5 Å². The van der Waals surface area contributed by atoms with Gasteiger partial charge in [-0.1, -0.05) is 36.4 Å². The van der Waals surface area contributed by atoms with Crippen LogP contribution in [0.25, 0.3) is 0 Å². The summed E-state index contributed by atoms with van der Waals surface area (Å²) in [6, 6.07) is 10.0. The minimum absolute atomic E-state index is 0.0325. The van der Waals surface area contributed by atoms with Crippen molar-refractivity contribution in [1.82, 2.24) is 0 Å².